The number of alkyl halides is 1. The van der Waals surface area contributed by atoms with Crippen LogP contribution >= 0.6 is 11.6 Å². The Morgan fingerprint density at radius 3 is 2.00 bits per heavy atom. The molecule has 0 fully saturated rings. The summed E-state index contributed by atoms with van der Waals surface area (Å²) in [6.45, 7) is 3.62. The van der Waals surface area contributed by atoms with Crippen LogP contribution in [0, 0.1) is 17.2 Å². The Balaban J connectivity index is 2.60. The number of carbonyl (C=O) groups is 1. The van der Waals surface area contributed by atoms with Gasteiger partial charge in [0.1, 0.15) is 0 Å². The second kappa shape index (κ2) is 8.33. The molecule has 0 aliphatic heterocycles. The number of benzene rings is 2. The van der Waals surface area contributed by atoms with Gasteiger partial charge in [-0.15, -0.1) is 18.2 Å². The zero-order valence-electron chi connectivity index (χ0n) is 13.0. The summed E-state index contributed by atoms with van der Waals surface area (Å²) in [7, 11) is 0. The maximum Gasteiger partial charge on any atom is 0.309 e. The van der Waals surface area contributed by atoms with Crippen LogP contribution in [0.2, 0.25) is 0 Å². The molecule has 0 saturated heterocycles. The number of carboxylic acids is 1. The Labute approximate surface area is 146 Å². The molecule has 0 heterocycles. The first kappa shape index (κ1) is 17.8. The van der Waals surface area contributed by atoms with E-state index in [4.69, 9.17) is 11.6 Å². The number of aliphatic carboxylic acids is 1. The quantitative estimate of drug-likeness (QED) is 0.593. The van der Waals surface area contributed by atoms with Crippen molar-refractivity contribution in [3.05, 3.63) is 84.4 Å². The molecule has 0 saturated carbocycles. The molecule has 0 aromatic heterocycles. The number of hydrogen-bond acceptors (Lipinski definition) is 2. The summed E-state index contributed by atoms with van der Waals surface area (Å²) in [5.74, 6) is -3.22. The van der Waals surface area contributed by atoms with Crippen LogP contribution in [-0.2, 0) is 4.79 Å². The van der Waals surface area contributed by atoms with E-state index >= 15 is 0 Å². The van der Waals surface area contributed by atoms with Crippen molar-refractivity contribution in [3.8, 4) is 6.07 Å². The molecule has 2 aromatic rings. The number of carboxylic acid groups (broad SMARTS) is 1. The van der Waals surface area contributed by atoms with Gasteiger partial charge >= 0.3 is 5.97 Å². The third-order valence-corrected chi connectivity index (χ3v) is 4.53. The van der Waals surface area contributed by atoms with Crippen LogP contribution in [0.15, 0.2) is 73.3 Å². The van der Waals surface area contributed by atoms with Crippen LogP contribution in [0.4, 0.5) is 0 Å². The van der Waals surface area contributed by atoms with Crippen molar-refractivity contribution >= 4 is 17.6 Å². The second-order valence-electron chi connectivity index (χ2n) is 5.50. The molecule has 4 atom stereocenters. The van der Waals surface area contributed by atoms with Crippen LogP contribution in [0.3, 0.4) is 0 Å². The Hall–Kier alpha value is -2.57. The predicted molar refractivity (Wildman–Crippen MR) is 94.9 cm³/mol. The number of hydrogen-bond donors (Lipinski definition) is 1. The van der Waals surface area contributed by atoms with Crippen molar-refractivity contribution in [3.63, 3.8) is 0 Å². The molecule has 3 nitrogen and oxygen atoms in total. The first-order valence-electron chi connectivity index (χ1n) is 7.59. The lowest BCUT2D eigenvalue weighted by atomic mass is 9.73. The van der Waals surface area contributed by atoms with Crippen LogP contribution in [0.5, 0.6) is 0 Å². The van der Waals surface area contributed by atoms with Gasteiger partial charge in [0.15, 0.2) is 0 Å². The molecule has 122 valence electrons. The monoisotopic (exact) mass is 339 g/mol. The fourth-order valence-corrected chi connectivity index (χ4v) is 3.20. The van der Waals surface area contributed by atoms with E-state index in [1.807, 2.05) is 60.7 Å². The summed E-state index contributed by atoms with van der Waals surface area (Å²) in [4.78, 5) is 11.9. The number of halogens is 1. The van der Waals surface area contributed by atoms with Crippen molar-refractivity contribution in [1.82, 2.24) is 0 Å². The van der Waals surface area contributed by atoms with Crippen LogP contribution in [0.1, 0.15) is 23.0 Å². The lowest BCUT2D eigenvalue weighted by molar-refractivity contribution is -0.142. The van der Waals surface area contributed by atoms with Gasteiger partial charge in [0, 0.05) is 5.92 Å². The molecular formula is C20H18ClNO2. The van der Waals surface area contributed by atoms with Gasteiger partial charge in [-0.3, -0.25) is 4.79 Å². The van der Waals surface area contributed by atoms with E-state index in [1.54, 1.807) is 0 Å². The summed E-state index contributed by atoms with van der Waals surface area (Å²) >= 11 is 6.25. The van der Waals surface area contributed by atoms with Crippen molar-refractivity contribution < 1.29 is 9.90 Å². The SMILES string of the molecule is C=CC(Cl)C(C(=O)O)C(c1ccccc1)C(C#N)c1ccccc1. The molecular weight excluding hydrogens is 322 g/mol. The first-order valence-corrected chi connectivity index (χ1v) is 8.02. The molecule has 0 radical (unpaired) electrons. The van der Waals surface area contributed by atoms with Gasteiger partial charge in [0.25, 0.3) is 0 Å². The number of allylic oxidation sites excluding steroid dienone is 1. The average Bonchev–Trinajstić information content (AvgIpc) is 2.62. The Morgan fingerprint density at radius 1 is 1.08 bits per heavy atom. The lowest BCUT2D eigenvalue weighted by Gasteiger charge is -2.30. The van der Waals surface area contributed by atoms with Crippen LogP contribution < -0.4 is 0 Å². The van der Waals surface area contributed by atoms with E-state index in [-0.39, 0.29) is 0 Å². The summed E-state index contributed by atoms with van der Waals surface area (Å²) < 4.78 is 0. The topological polar surface area (TPSA) is 61.1 Å². The minimum absolute atomic E-state index is 0.586. The average molecular weight is 340 g/mol. The van der Waals surface area contributed by atoms with Gasteiger partial charge in [-0.05, 0) is 11.1 Å². The summed E-state index contributed by atoms with van der Waals surface area (Å²) in [5.41, 5.74) is 1.54. The zero-order valence-corrected chi connectivity index (χ0v) is 13.8. The fraction of sp³-hybridized carbons (Fsp3) is 0.200. The first-order chi connectivity index (χ1) is 11.6. The third kappa shape index (κ3) is 3.84. The highest BCUT2D eigenvalue weighted by Crippen LogP contribution is 2.41. The minimum atomic E-state index is -1.04. The normalized spacial score (nSPS) is 15.5. The van der Waals surface area contributed by atoms with E-state index in [0.29, 0.717) is 0 Å². The van der Waals surface area contributed by atoms with Crippen molar-refractivity contribution in [2.45, 2.75) is 17.2 Å². The number of nitrogens with zero attached hydrogens (tertiary/aromatic N) is 1. The van der Waals surface area contributed by atoms with E-state index in [0.717, 1.165) is 11.1 Å². The van der Waals surface area contributed by atoms with Crippen LogP contribution in [0.25, 0.3) is 0 Å². The lowest BCUT2D eigenvalue weighted by Crippen LogP contribution is -2.32. The van der Waals surface area contributed by atoms with E-state index in [2.05, 4.69) is 12.6 Å². The molecule has 0 aliphatic carbocycles. The van der Waals surface area contributed by atoms with Gasteiger partial charge in [-0.2, -0.15) is 5.26 Å². The Bertz CT molecular complexity index is 724. The van der Waals surface area contributed by atoms with Gasteiger partial charge in [0.05, 0.1) is 23.3 Å². The van der Waals surface area contributed by atoms with Crippen molar-refractivity contribution in [1.29, 1.82) is 5.26 Å². The van der Waals surface area contributed by atoms with Gasteiger partial charge in [-0.1, -0.05) is 66.7 Å². The number of rotatable bonds is 7. The highest BCUT2D eigenvalue weighted by atomic mass is 35.5. The zero-order chi connectivity index (χ0) is 17.5. The molecule has 1 N–H and O–H groups in total. The molecule has 4 unspecified atom stereocenters. The maximum absolute atomic E-state index is 11.9. The summed E-state index contributed by atoms with van der Waals surface area (Å²) in [6.07, 6.45) is 1.41. The van der Waals surface area contributed by atoms with Gasteiger partial charge < -0.3 is 5.11 Å². The second-order valence-corrected chi connectivity index (χ2v) is 6.00. The molecule has 24 heavy (non-hydrogen) atoms. The Kier molecular flexibility index (Phi) is 6.17. The smallest absolute Gasteiger partial charge is 0.309 e. The van der Waals surface area contributed by atoms with Crippen molar-refractivity contribution in [2.75, 3.05) is 0 Å². The van der Waals surface area contributed by atoms with E-state index in [9.17, 15) is 15.2 Å². The van der Waals surface area contributed by atoms with Crippen LogP contribution in [-0.4, -0.2) is 16.5 Å². The molecule has 2 rings (SSSR count). The minimum Gasteiger partial charge on any atom is -0.481 e. The molecule has 2 aromatic carbocycles. The van der Waals surface area contributed by atoms with Gasteiger partial charge in [0.2, 0.25) is 0 Å². The standard InChI is InChI=1S/C20H18ClNO2/c1-2-17(21)19(20(23)24)18(15-11-7-4-8-12-15)16(13-22)14-9-5-3-6-10-14/h2-12,16-19H,1H2,(H,23,24). The molecule has 0 amide bonds. The molecule has 0 spiro atoms. The van der Waals surface area contributed by atoms with Gasteiger partial charge in [-0.25, -0.2) is 0 Å². The highest BCUT2D eigenvalue weighted by Gasteiger charge is 2.39. The highest BCUT2D eigenvalue weighted by molar-refractivity contribution is 6.23. The van der Waals surface area contributed by atoms with E-state index < -0.39 is 29.1 Å². The molecule has 4 heteroatoms. The third-order valence-electron chi connectivity index (χ3n) is 4.08. The van der Waals surface area contributed by atoms with E-state index in [1.165, 1.54) is 6.08 Å². The predicted octanol–water partition coefficient (Wildman–Crippen LogP) is 4.57. The molecule has 0 bridgehead atoms. The summed E-state index contributed by atoms with van der Waals surface area (Å²) in [5, 5.41) is 18.8. The largest absolute Gasteiger partial charge is 0.481 e. The number of nitriles is 1. The maximum atomic E-state index is 11.9. The van der Waals surface area contributed by atoms with Crippen molar-refractivity contribution in [2.24, 2.45) is 5.92 Å². The summed E-state index contributed by atoms with van der Waals surface area (Å²) in [6, 6.07) is 20.7. The fourth-order valence-electron chi connectivity index (χ4n) is 2.94. The Morgan fingerprint density at radius 2 is 1.58 bits per heavy atom. The molecule has 0 aliphatic rings.